The van der Waals surface area contributed by atoms with Crippen LogP contribution in [0.3, 0.4) is 0 Å². The minimum atomic E-state index is -0.0102. The number of aryl methyl sites for hydroxylation is 2. The minimum Gasteiger partial charge on any atom is -0.355 e. The Morgan fingerprint density at radius 3 is 2.39 bits per heavy atom. The third-order valence-electron chi connectivity index (χ3n) is 6.43. The van der Waals surface area contributed by atoms with Gasteiger partial charge in [0.25, 0.3) is 0 Å². The number of carbonyl (C=O) groups is 1. The maximum atomic E-state index is 12.6. The molecule has 2 aromatic heterocycles. The van der Waals surface area contributed by atoms with Crippen molar-refractivity contribution in [2.24, 2.45) is 0 Å². The smallest absolute Gasteiger partial charge is 0.226 e. The van der Waals surface area contributed by atoms with Crippen molar-refractivity contribution in [2.45, 2.75) is 51.9 Å². The highest BCUT2D eigenvalue weighted by atomic mass is 16.1. The molecule has 1 atom stereocenters. The van der Waals surface area contributed by atoms with Crippen LogP contribution in [0.25, 0.3) is 5.82 Å². The molecule has 0 spiro atoms. The van der Waals surface area contributed by atoms with Gasteiger partial charge in [0.05, 0.1) is 5.69 Å². The lowest BCUT2D eigenvalue weighted by Gasteiger charge is -2.27. The fourth-order valence-corrected chi connectivity index (χ4v) is 4.71. The molecule has 4 heterocycles. The van der Waals surface area contributed by atoms with Crippen molar-refractivity contribution in [2.75, 3.05) is 23.3 Å². The summed E-state index contributed by atoms with van der Waals surface area (Å²) >= 11 is 0. The molecule has 0 bridgehead atoms. The summed E-state index contributed by atoms with van der Waals surface area (Å²) in [6.07, 6.45) is 5.09. The fourth-order valence-electron chi connectivity index (χ4n) is 4.71. The SMILES string of the molecule is CCc1ccc(C2CC(=O)Nc3c2c(C)nn3-c2ccc(N3CCCCC3)nn2)cc1. The lowest BCUT2D eigenvalue weighted by atomic mass is 9.85. The van der Waals surface area contributed by atoms with Crippen molar-refractivity contribution in [3.63, 3.8) is 0 Å². The topological polar surface area (TPSA) is 75.9 Å². The van der Waals surface area contributed by atoms with E-state index in [0.717, 1.165) is 42.1 Å². The van der Waals surface area contributed by atoms with Gasteiger partial charge >= 0.3 is 0 Å². The van der Waals surface area contributed by atoms with Crippen LogP contribution in [0.2, 0.25) is 0 Å². The molecule has 160 valence electrons. The van der Waals surface area contributed by atoms with Crippen molar-refractivity contribution in [1.82, 2.24) is 20.0 Å². The molecule has 1 amide bonds. The van der Waals surface area contributed by atoms with E-state index in [9.17, 15) is 4.79 Å². The molecule has 31 heavy (non-hydrogen) atoms. The van der Waals surface area contributed by atoms with E-state index < -0.39 is 0 Å². The van der Waals surface area contributed by atoms with E-state index in [2.05, 4.69) is 51.6 Å². The molecule has 2 aliphatic heterocycles. The van der Waals surface area contributed by atoms with Gasteiger partial charge in [-0.1, -0.05) is 31.2 Å². The van der Waals surface area contributed by atoms with Gasteiger partial charge in [-0.2, -0.15) is 9.78 Å². The lowest BCUT2D eigenvalue weighted by Crippen LogP contribution is -2.30. The molecule has 1 aromatic carbocycles. The number of amides is 1. The number of hydrogen-bond donors (Lipinski definition) is 1. The lowest BCUT2D eigenvalue weighted by molar-refractivity contribution is -0.116. The first-order chi connectivity index (χ1) is 15.1. The van der Waals surface area contributed by atoms with E-state index in [0.29, 0.717) is 18.1 Å². The molecule has 1 saturated heterocycles. The number of anilines is 2. The number of carbonyl (C=O) groups excluding carboxylic acids is 1. The number of rotatable bonds is 4. The molecule has 1 fully saturated rings. The maximum Gasteiger partial charge on any atom is 0.226 e. The molecular weight excluding hydrogens is 388 g/mol. The van der Waals surface area contributed by atoms with E-state index in [4.69, 9.17) is 5.10 Å². The molecular formula is C24H28N6O. The molecule has 1 unspecified atom stereocenters. The van der Waals surface area contributed by atoms with Gasteiger partial charge in [0.1, 0.15) is 5.82 Å². The Kier molecular flexibility index (Phi) is 5.18. The van der Waals surface area contributed by atoms with Crippen LogP contribution in [0.15, 0.2) is 36.4 Å². The van der Waals surface area contributed by atoms with E-state index in [1.54, 1.807) is 4.68 Å². The van der Waals surface area contributed by atoms with Crippen molar-refractivity contribution in [1.29, 1.82) is 0 Å². The zero-order valence-electron chi connectivity index (χ0n) is 18.1. The van der Waals surface area contributed by atoms with Crippen LogP contribution in [0.1, 0.15) is 60.9 Å². The molecule has 0 saturated carbocycles. The van der Waals surface area contributed by atoms with Crippen LogP contribution in [-0.2, 0) is 11.2 Å². The van der Waals surface area contributed by atoms with Gasteiger partial charge in [0.2, 0.25) is 5.91 Å². The van der Waals surface area contributed by atoms with Crippen LogP contribution in [-0.4, -0.2) is 39.0 Å². The Labute approximate surface area is 182 Å². The van der Waals surface area contributed by atoms with Crippen LogP contribution in [0.4, 0.5) is 11.6 Å². The highest BCUT2D eigenvalue weighted by molar-refractivity contribution is 5.95. The third-order valence-corrected chi connectivity index (χ3v) is 6.43. The number of piperidine rings is 1. The van der Waals surface area contributed by atoms with Gasteiger partial charge in [-0.15, -0.1) is 10.2 Å². The standard InChI is InChI=1S/C24H28N6O/c1-3-17-7-9-18(10-8-17)19-15-22(31)25-24-23(19)16(2)28-30(24)21-12-11-20(26-27-21)29-13-5-4-6-14-29/h7-12,19H,3-6,13-15H2,1-2H3,(H,25,31). The maximum absolute atomic E-state index is 12.6. The second-order valence-corrected chi connectivity index (χ2v) is 8.46. The van der Waals surface area contributed by atoms with Crippen molar-refractivity contribution in [3.8, 4) is 5.82 Å². The van der Waals surface area contributed by atoms with Crippen LogP contribution >= 0.6 is 0 Å². The minimum absolute atomic E-state index is 0.00360. The quantitative estimate of drug-likeness (QED) is 0.696. The summed E-state index contributed by atoms with van der Waals surface area (Å²) in [7, 11) is 0. The molecule has 1 N–H and O–H groups in total. The summed E-state index contributed by atoms with van der Waals surface area (Å²) in [4.78, 5) is 14.9. The van der Waals surface area contributed by atoms with Crippen LogP contribution in [0, 0.1) is 6.92 Å². The Morgan fingerprint density at radius 2 is 1.71 bits per heavy atom. The summed E-state index contributed by atoms with van der Waals surface area (Å²) in [5, 5.41) is 16.7. The second kappa shape index (κ2) is 8.13. The summed E-state index contributed by atoms with van der Waals surface area (Å²) in [5.74, 6) is 2.21. The predicted octanol–water partition coefficient (Wildman–Crippen LogP) is 4.00. The number of nitrogens with one attached hydrogen (secondary N) is 1. The van der Waals surface area contributed by atoms with Gasteiger partial charge < -0.3 is 10.2 Å². The Morgan fingerprint density at radius 1 is 1.00 bits per heavy atom. The monoisotopic (exact) mass is 416 g/mol. The zero-order chi connectivity index (χ0) is 21.4. The van der Waals surface area contributed by atoms with Gasteiger partial charge in [0.15, 0.2) is 11.6 Å². The summed E-state index contributed by atoms with van der Waals surface area (Å²) in [6, 6.07) is 12.5. The summed E-state index contributed by atoms with van der Waals surface area (Å²) < 4.78 is 1.72. The normalized spacial score (nSPS) is 18.6. The number of hydrogen-bond acceptors (Lipinski definition) is 5. The number of benzene rings is 1. The highest BCUT2D eigenvalue weighted by Crippen LogP contribution is 2.40. The number of nitrogens with zero attached hydrogens (tertiary/aromatic N) is 5. The highest BCUT2D eigenvalue weighted by Gasteiger charge is 2.33. The summed E-state index contributed by atoms with van der Waals surface area (Å²) in [6.45, 7) is 6.19. The number of fused-ring (bicyclic) bond motifs is 1. The molecule has 0 aliphatic carbocycles. The van der Waals surface area contributed by atoms with Crippen LogP contribution < -0.4 is 10.2 Å². The van der Waals surface area contributed by atoms with E-state index in [1.165, 1.54) is 24.8 Å². The van der Waals surface area contributed by atoms with Gasteiger partial charge in [-0.25, -0.2) is 0 Å². The molecule has 7 heteroatoms. The predicted molar refractivity (Wildman–Crippen MR) is 121 cm³/mol. The third kappa shape index (κ3) is 3.69. The largest absolute Gasteiger partial charge is 0.355 e. The first kappa shape index (κ1) is 19.7. The average Bonchev–Trinajstić information content (AvgIpc) is 3.15. The number of aromatic nitrogens is 4. The summed E-state index contributed by atoms with van der Waals surface area (Å²) in [5.41, 5.74) is 4.40. The van der Waals surface area contributed by atoms with Gasteiger partial charge in [0, 0.05) is 31.0 Å². The van der Waals surface area contributed by atoms with Crippen LogP contribution in [0.5, 0.6) is 0 Å². The molecule has 2 aliphatic rings. The Hall–Kier alpha value is -3.22. The fraction of sp³-hybridized carbons (Fsp3) is 0.417. The molecule has 3 aromatic rings. The molecule has 7 nitrogen and oxygen atoms in total. The van der Waals surface area contributed by atoms with Crippen molar-refractivity contribution < 1.29 is 4.79 Å². The molecule has 5 rings (SSSR count). The Bertz CT molecular complexity index is 1080. The van der Waals surface area contributed by atoms with E-state index in [1.807, 2.05) is 19.1 Å². The first-order valence-corrected chi connectivity index (χ1v) is 11.2. The van der Waals surface area contributed by atoms with Crippen molar-refractivity contribution >= 4 is 17.5 Å². The van der Waals surface area contributed by atoms with Gasteiger partial charge in [-0.05, 0) is 55.9 Å². The van der Waals surface area contributed by atoms with Gasteiger partial charge in [-0.3, -0.25) is 4.79 Å². The Balaban J connectivity index is 1.50. The second-order valence-electron chi connectivity index (χ2n) is 8.46. The van der Waals surface area contributed by atoms with Crippen molar-refractivity contribution in [3.05, 3.63) is 58.8 Å². The van der Waals surface area contributed by atoms with E-state index in [-0.39, 0.29) is 11.8 Å². The molecule has 0 radical (unpaired) electrons. The zero-order valence-corrected chi connectivity index (χ0v) is 18.1. The first-order valence-electron chi connectivity index (χ1n) is 11.2. The van der Waals surface area contributed by atoms with E-state index >= 15 is 0 Å². The average molecular weight is 417 g/mol.